The molecule has 0 radical (unpaired) electrons. The van der Waals surface area contributed by atoms with Crippen LogP contribution in [0.5, 0.6) is 5.75 Å². The zero-order chi connectivity index (χ0) is 28.2. The highest BCUT2D eigenvalue weighted by molar-refractivity contribution is 7.07. The number of carbonyl (C=O) groups excluding carboxylic acids is 2. The molecule has 2 aromatic heterocycles. The zero-order valence-electron chi connectivity index (χ0n) is 21.5. The van der Waals surface area contributed by atoms with Crippen molar-refractivity contribution in [2.75, 3.05) is 20.3 Å². The van der Waals surface area contributed by atoms with E-state index < -0.39 is 18.0 Å². The first-order valence-electron chi connectivity index (χ1n) is 12.2. The van der Waals surface area contributed by atoms with Crippen molar-refractivity contribution >= 4 is 41.0 Å². The number of hydrogen-bond acceptors (Lipinski definition) is 9. The first-order valence-corrected chi connectivity index (χ1v) is 13.3. The molecule has 204 valence electrons. The molecule has 0 spiro atoms. The third kappa shape index (κ3) is 5.69. The van der Waals surface area contributed by atoms with Gasteiger partial charge in [0.15, 0.2) is 4.80 Å². The minimum absolute atomic E-state index is 0.0431. The zero-order valence-corrected chi connectivity index (χ0v) is 23.0. The quantitative estimate of drug-likeness (QED) is 0.177. The standard InChI is InChI=1S/C29H23ClN2O7S/c1-17-24(28(35)38-15-14-36-2)25(19-7-11-21(12-8-19)39-27(34)22-4-3-13-37-22)32-26(33)23(40-29(32)31-17)16-18-5-9-20(30)10-6-18/h3-13,16,25H,14-15H2,1-2H3/b23-16+/t25-/m1/s1. The molecule has 0 saturated carbocycles. The summed E-state index contributed by atoms with van der Waals surface area (Å²) in [5, 5.41) is 0.587. The molecule has 1 aliphatic rings. The molecule has 4 aromatic rings. The molecule has 9 nitrogen and oxygen atoms in total. The maximum atomic E-state index is 13.7. The fourth-order valence-corrected chi connectivity index (χ4v) is 5.35. The summed E-state index contributed by atoms with van der Waals surface area (Å²) in [6.45, 7) is 1.97. The number of ether oxygens (including phenoxy) is 3. The Bertz CT molecular complexity index is 1750. The molecule has 0 unspecified atom stereocenters. The van der Waals surface area contributed by atoms with Crippen molar-refractivity contribution in [1.29, 1.82) is 0 Å². The smallest absolute Gasteiger partial charge is 0.379 e. The Morgan fingerprint density at radius 2 is 1.82 bits per heavy atom. The minimum Gasteiger partial charge on any atom is -0.460 e. The van der Waals surface area contributed by atoms with E-state index in [0.717, 1.165) is 5.56 Å². The summed E-state index contributed by atoms with van der Waals surface area (Å²) in [5.41, 5.74) is 1.74. The van der Waals surface area contributed by atoms with Gasteiger partial charge in [0.05, 0.1) is 34.7 Å². The molecule has 0 amide bonds. The monoisotopic (exact) mass is 578 g/mol. The number of methoxy groups -OCH3 is 1. The van der Waals surface area contributed by atoms with Gasteiger partial charge >= 0.3 is 11.9 Å². The van der Waals surface area contributed by atoms with Crippen LogP contribution in [0.15, 0.2) is 92.4 Å². The molecule has 1 atom stereocenters. The van der Waals surface area contributed by atoms with Gasteiger partial charge in [0.25, 0.3) is 5.56 Å². The van der Waals surface area contributed by atoms with Gasteiger partial charge in [0, 0.05) is 12.1 Å². The van der Waals surface area contributed by atoms with Gasteiger partial charge < -0.3 is 18.6 Å². The Balaban J connectivity index is 1.56. The van der Waals surface area contributed by atoms with Gasteiger partial charge in [-0.1, -0.05) is 47.2 Å². The summed E-state index contributed by atoms with van der Waals surface area (Å²) in [7, 11) is 1.51. The van der Waals surface area contributed by atoms with E-state index in [2.05, 4.69) is 4.99 Å². The summed E-state index contributed by atoms with van der Waals surface area (Å²) in [6, 6.07) is 15.9. The molecule has 0 N–H and O–H groups in total. The number of esters is 2. The Hall–Kier alpha value is -4.25. The van der Waals surface area contributed by atoms with Gasteiger partial charge in [-0.25, -0.2) is 14.6 Å². The van der Waals surface area contributed by atoms with Gasteiger partial charge in [0.2, 0.25) is 5.76 Å². The number of nitrogens with zero attached hydrogens (tertiary/aromatic N) is 2. The first-order chi connectivity index (χ1) is 19.4. The summed E-state index contributed by atoms with van der Waals surface area (Å²) < 4.78 is 22.8. The number of allylic oxidation sites excluding steroid dienone is 1. The summed E-state index contributed by atoms with van der Waals surface area (Å²) in [4.78, 5) is 44.3. The molecule has 40 heavy (non-hydrogen) atoms. The number of fused-ring (bicyclic) bond motifs is 1. The van der Waals surface area contributed by atoms with Crippen LogP contribution in [0, 0.1) is 0 Å². The van der Waals surface area contributed by atoms with Gasteiger partial charge in [-0.3, -0.25) is 9.36 Å². The molecule has 0 fully saturated rings. The Kier molecular flexibility index (Phi) is 8.11. The lowest BCUT2D eigenvalue weighted by Gasteiger charge is -2.25. The molecule has 2 aromatic carbocycles. The van der Waals surface area contributed by atoms with E-state index in [9.17, 15) is 14.4 Å². The largest absolute Gasteiger partial charge is 0.460 e. The Morgan fingerprint density at radius 3 is 2.50 bits per heavy atom. The van der Waals surface area contributed by atoms with Gasteiger partial charge in [-0.15, -0.1) is 0 Å². The van der Waals surface area contributed by atoms with Crippen LogP contribution in [0.4, 0.5) is 0 Å². The summed E-state index contributed by atoms with van der Waals surface area (Å²) in [5.74, 6) is -0.920. The van der Waals surface area contributed by atoms with Crippen LogP contribution in [0.1, 0.15) is 34.6 Å². The highest BCUT2D eigenvalue weighted by Gasteiger charge is 2.33. The molecule has 11 heteroatoms. The van der Waals surface area contributed by atoms with Crippen LogP contribution in [-0.4, -0.2) is 36.8 Å². The normalized spacial score (nSPS) is 15.0. The SMILES string of the molecule is COCCOC(=O)C1=C(C)N=c2s/c(=C/c3ccc(Cl)cc3)c(=O)n2[C@@H]1c1ccc(OC(=O)c2ccco2)cc1. The van der Waals surface area contributed by atoms with E-state index in [-0.39, 0.29) is 35.9 Å². The maximum Gasteiger partial charge on any atom is 0.379 e. The molecule has 0 bridgehead atoms. The first kappa shape index (κ1) is 27.3. The predicted octanol–water partition coefficient (Wildman–Crippen LogP) is 3.89. The number of aromatic nitrogens is 1. The van der Waals surface area contributed by atoms with Crippen molar-refractivity contribution in [2.45, 2.75) is 13.0 Å². The molecule has 0 aliphatic carbocycles. The Morgan fingerprint density at radius 1 is 1.07 bits per heavy atom. The Labute approximate surface area is 237 Å². The highest BCUT2D eigenvalue weighted by atomic mass is 35.5. The number of carbonyl (C=O) groups is 2. The van der Waals surface area contributed by atoms with Crippen LogP contribution in [-0.2, 0) is 14.3 Å². The summed E-state index contributed by atoms with van der Waals surface area (Å²) in [6.07, 6.45) is 3.13. The lowest BCUT2D eigenvalue weighted by Crippen LogP contribution is -2.40. The number of halogens is 1. The van der Waals surface area contributed by atoms with Crippen molar-refractivity contribution < 1.29 is 28.2 Å². The van der Waals surface area contributed by atoms with Crippen LogP contribution < -0.4 is 19.6 Å². The molecule has 1 aliphatic heterocycles. The van der Waals surface area contributed by atoms with E-state index >= 15 is 0 Å². The van der Waals surface area contributed by atoms with Crippen molar-refractivity contribution in [3.63, 3.8) is 0 Å². The van der Waals surface area contributed by atoms with E-state index in [1.54, 1.807) is 55.5 Å². The third-order valence-electron chi connectivity index (χ3n) is 6.06. The molecular weight excluding hydrogens is 556 g/mol. The molecule has 0 saturated heterocycles. The van der Waals surface area contributed by atoms with E-state index in [1.165, 1.54) is 35.3 Å². The number of benzene rings is 2. The predicted molar refractivity (Wildman–Crippen MR) is 148 cm³/mol. The number of thiazole rings is 1. The highest BCUT2D eigenvalue weighted by Crippen LogP contribution is 2.31. The maximum absolute atomic E-state index is 13.7. The second-order valence-electron chi connectivity index (χ2n) is 8.70. The van der Waals surface area contributed by atoms with Crippen LogP contribution in [0.3, 0.4) is 0 Å². The number of furan rings is 1. The van der Waals surface area contributed by atoms with Crippen molar-refractivity contribution in [1.82, 2.24) is 4.57 Å². The average Bonchev–Trinajstić information content (AvgIpc) is 3.59. The second-order valence-corrected chi connectivity index (χ2v) is 10.1. The van der Waals surface area contributed by atoms with Crippen molar-refractivity contribution in [3.05, 3.63) is 120 Å². The van der Waals surface area contributed by atoms with E-state index in [4.69, 9.17) is 30.2 Å². The molecule has 5 rings (SSSR count). The molecular formula is C29H23ClN2O7S. The average molecular weight is 579 g/mol. The lowest BCUT2D eigenvalue weighted by molar-refractivity contribution is -0.140. The van der Waals surface area contributed by atoms with Crippen molar-refractivity contribution in [3.8, 4) is 5.75 Å². The second kappa shape index (κ2) is 11.9. The fourth-order valence-electron chi connectivity index (χ4n) is 4.17. The van der Waals surface area contributed by atoms with Gasteiger partial charge in [-0.05, 0) is 60.5 Å². The number of rotatable bonds is 8. The van der Waals surface area contributed by atoms with E-state index in [0.29, 0.717) is 25.6 Å². The molecule has 3 heterocycles. The lowest BCUT2D eigenvalue weighted by atomic mass is 9.96. The van der Waals surface area contributed by atoms with Crippen molar-refractivity contribution in [2.24, 2.45) is 4.99 Å². The van der Waals surface area contributed by atoms with Crippen LogP contribution in [0.25, 0.3) is 6.08 Å². The number of hydrogen-bond donors (Lipinski definition) is 0. The summed E-state index contributed by atoms with van der Waals surface area (Å²) >= 11 is 7.22. The fraction of sp³-hybridized carbons (Fsp3) is 0.172. The van der Waals surface area contributed by atoms with Crippen LogP contribution in [0.2, 0.25) is 5.02 Å². The third-order valence-corrected chi connectivity index (χ3v) is 7.29. The van der Waals surface area contributed by atoms with Crippen LogP contribution >= 0.6 is 22.9 Å². The van der Waals surface area contributed by atoms with Gasteiger partial charge in [-0.2, -0.15) is 0 Å². The topological polar surface area (TPSA) is 109 Å². The minimum atomic E-state index is -0.825. The van der Waals surface area contributed by atoms with E-state index in [1.807, 2.05) is 12.1 Å². The van der Waals surface area contributed by atoms with Gasteiger partial charge in [0.1, 0.15) is 12.4 Å².